The topological polar surface area (TPSA) is 32.3 Å². The molecule has 1 aliphatic rings. The number of halogens is 2. The fourth-order valence-electron chi connectivity index (χ4n) is 2.53. The van der Waals surface area contributed by atoms with Crippen molar-refractivity contribution in [3.05, 3.63) is 34.1 Å². The van der Waals surface area contributed by atoms with Crippen LogP contribution in [-0.2, 0) is 0 Å². The molecule has 1 atom stereocenters. The molecule has 1 fully saturated rings. The van der Waals surface area contributed by atoms with E-state index in [1.54, 1.807) is 17.0 Å². The Kier molecular flexibility index (Phi) is 5.54. The van der Waals surface area contributed by atoms with Gasteiger partial charge in [-0.25, -0.2) is 4.39 Å². The third-order valence-corrected chi connectivity index (χ3v) is 4.17. The minimum atomic E-state index is -0.465. The second kappa shape index (κ2) is 7.18. The Morgan fingerprint density at radius 1 is 1.50 bits per heavy atom. The average molecular weight is 343 g/mol. The summed E-state index contributed by atoms with van der Waals surface area (Å²) in [6, 6.07) is 4.80. The van der Waals surface area contributed by atoms with Gasteiger partial charge < -0.3 is 10.2 Å². The van der Waals surface area contributed by atoms with Crippen LogP contribution in [0.15, 0.2) is 22.7 Å². The first kappa shape index (κ1) is 15.4. The molecule has 0 bridgehead atoms. The van der Waals surface area contributed by atoms with Crippen molar-refractivity contribution in [1.29, 1.82) is 0 Å². The van der Waals surface area contributed by atoms with E-state index in [4.69, 9.17) is 0 Å². The highest BCUT2D eigenvalue weighted by molar-refractivity contribution is 9.10. The Morgan fingerprint density at radius 3 is 2.95 bits per heavy atom. The van der Waals surface area contributed by atoms with Crippen molar-refractivity contribution in [3.63, 3.8) is 0 Å². The Morgan fingerprint density at radius 2 is 2.30 bits per heavy atom. The number of carbonyl (C=O) groups excluding carboxylic acids is 1. The maximum absolute atomic E-state index is 13.8. The van der Waals surface area contributed by atoms with Crippen LogP contribution in [0.25, 0.3) is 0 Å². The summed E-state index contributed by atoms with van der Waals surface area (Å²) in [6.45, 7) is 4.16. The van der Waals surface area contributed by atoms with Crippen LogP contribution in [-0.4, -0.2) is 36.5 Å². The summed E-state index contributed by atoms with van der Waals surface area (Å²) in [5, 5.41) is 3.42. The number of carbonyl (C=O) groups is 1. The summed E-state index contributed by atoms with van der Waals surface area (Å²) in [4.78, 5) is 14.2. The molecule has 1 aliphatic heterocycles. The lowest BCUT2D eigenvalue weighted by Gasteiger charge is -2.30. The van der Waals surface area contributed by atoms with Crippen LogP contribution in [0, 0.1) is 5.82 Å². The van der Waals surface area contributed by atoms with Gasteiger partial charge in [-0.1, -0.05) is 22.4 Å². The highest BCUT2D eigenvalue weighted by atomic mass is 79.9. The van der Waals surface area contributed by atoms with Crippen LogP contribution in [0.3, 0.4) is 0 Å². The maximum atomic E-state index is 13.8. The molecule has 5 heteroatoms. The van der Waals surface area contributed by atoms with Gasteiger partial charge in [-0.2, -0.15) is 0 Å². The summed E-state index contributed by atoms with van der Waals surface area (Å²) < 4.78 is 14.5. The maximum Gasteiger partial charge on any atom is 0.256 e. The third kappa shape index (κ3) is 3.79. The number of nitrogens with zero attached hydrogens (tertiary/aromatic N) is 1. The van der Waals surface area contributed by atoms with Gasteiger partial charge in [0.1, 0.15) is 5.82 Å². The van der Waals surface area contributed by atoms with Gasteiger partial charge in [0.05, 0.1) is 5.56 Å². The molecule has 1 N–H and O–H groups in total. The summed E-state index contributed by atoms with van der Waals surface area (Å²) in [7, 11) is 0. The first-order chi connectivity index (χ1) is 9.61. The standard InChI is InChI=1S/C15H20BrFN2O/c1-2-19(10-12-5-3-4-8-18-12)15(20)13-9-11(16)6-7-14(13)17/h6-7,9,12,18H,2-5,8,10H2,1H3. The number of amides is 1. The molecule has 1 heterocycles. The van der Waals surface area contributed by atoms with Crippen molar-refractivity contribution >= 4 is 21.8 Å². The molecule has 0 aliphatic carbocycles. The summed E-state index contributed by atoms with van der Waals surface area (Å²) >= 11 is 3.28. The quantitative estimate of drug-likeness (QED) is 0.911. The van der Waals surface area contributed by atoms with Crippen molar-refractivity contribution in [2.24, 2.45) is 0 Å². The van der Waals surface area contributed by atoms with E-state index in [9.17, 15) is 9.18 Å². The third-order valence-electron chi connectivity index (χ3n) is 3.68. The summed E-state index contributed by atoms with van der Waals surface area (Å²) in [6.07, 6.45) is 3.45. The second-order valence-corrected chi connectivity index (χ2v) is 6.03. The van der Waals surface area contributed by atoms with Crippen LogP contribution in [0.5, 0.6) is 0 Å². The van der Waals surface area contributed by atoms with E-state index >= 15 is 0 Å². The fourth-order valence-corrected chi connectivity index (χ4v) is 2.89. The minimum absolute atomic E-state index is 0.136. The molecule has 0 saturated carbocycles. The van der Waals surface area contributed by atoms with Gasteiger partial charge in [-0.05, 0) is 44.5 Å². The van der Waals surface area contributed by atoms with Gasteiger partial charge in [0.15, 0.2) is 0 Å². The molecule has 20 heavy (non-hydrogen) atoms. The van der Waals surface area contributed by atoms with Crippen molar-refractivity contribution in [2.75, 3.05) is 19.6 Å². The lowest BCUT2D eigenvalue weighted by molar-refractivity contribution is 0.0736. The van der Waals surface area contributed by atoms with E-state index in [-0.39, 0.29) is 11.5 Å². The molecular weight excluding hydrogens is 323 g/mol. The van der Waals surface area contributed by atoms with E-state index in [1.807, 2.05) is 6.92 Å². The average Bonchev–Trinajstić information content (AvgIpc) is 2.47. The number of benzene rings is 1. The zero-order valence-corrected chi connectivity index (χ0v) is 13.2. The Labute approximate surface area is 127 Å². The molecule has 1 aromatic rings. The highest BCUT2D eigenvalue weighted by Crippen LogP contribution is 2.18. The van der Waals surface area contributed by atoms with E-state index in [0.717, 1.165) is 13.0 Å². The van der Waals surface area contributed by atoms with Gasteiger partial charge in [0.2, 0.25) is 0 Å². The number of piperidine rings is 1. The molecule has 3 nitrogen and oxygen atoms in total. The lowest BCUT2D eigenvalue weighted by Crippen LogP contribution is -2.45. The Balaban J connectivity index is 2.09. The van der Waals surface area contributed by atoms with Crippen LogP contribution in [0.2, 0.25) is 0 Å². The minimum Gasteiger partial charge on any atom is -0.337 e. The molecule has 1 amide bonds. The highest BCUT2D eigenvalue weighted by Gasteiger charge is 2.22. The molecule has 2 rings (SSSR count). The van der Waals surface area contributed by atoms with Crippen LogP contribution in [0.1, 0.15) is 36.5 Å². The first-order valence-corrected chi connectivity index (χ1v) is 7.89. The van der Waals surface area contributed by atoms with E-state index < -0.39 is 5.82 Å². The predicted molar refractivity (Wildman–Crippen MR) is 81.3 cm³/mol. The predicted octanol–water partition coefficient (Wildman–Crippen LogP) is 3.19. The Bertz CT molecular complexity index is 475. The summed E-state index contributed by atoms with van der Waals surface area (Å²) in [5.74, 6) is -0.702. The number of nitrogens with one attached hydrogen (secondary N) is 1. The monoisotopic (exact) mass is 342 g/mol. The van der Waals surface area contributed by atoms with Crippen molar-refractivity contribution < 1.29 is 9.18 Å². The molecule has 1 aromatic carbocycles. The smallest absolute Gasteiger partial charge is 0.256 e. The molecule has 110 valence electrons. The number of likely N-dealkylation sites (N-methyl/N-ethyl adjacent to an activating group) is 1. The lowest BCUT2D eigenvalue weighted by atomic mass is 10.0. The first-order valence-electron chi connectivity index (χ1n) is 7.09. The molecule has 0 spiro atoms. The zero-order chi connectivity index (χ0) is 14.5. The molecule has 1 unspecified atom stereocenters. The second-order valence-electron chi connectivity index (χ2n) is 5.11. The van der Waals surface area contributed by atoms with Crippen LogP contribution >= 0.6 is 15.9 Å². The van der Waals surface area contributed by atoms with Crippen LogP contribution in [0.4, 0.5) is 4.39 Å². The van der Waals surface area contributed by atoms with Gasteiger partial charge in [-0.15, -0.1) is 0 Å². The largest absolute Gasteiger partial charge is 0.337 e. The van der Waals surface area contributed by atoms with E-state index in [0.29, 0.717) is 23.6 Å². The number of hydrogen-bond acceptors (Lipinski definition) is 2. The molecule has 1 saturated heterocycles. The van der Waals surface area contributed by atoms with Crippen molar-refractivity contribution in [1.82, 2.24) is 10.2 Å². The van der Waals surface area contributed by atoms with E-state index in [1.165, 1.54) is 18.9 Å². The van der Waals surface area contributed by atoms with Gasteiger partial charge in [0.25, 0.3) is 5.91 Å². The van der Waals surface area contributed by atoms with Gasteiger partial charge in [0, 0.05) is 23.6 Å². The van der Waals surface area contributed by atoms with Gasteiger partial charge in [-0.3, -0.25) is 4.79 Å². The van der Waals surface area contributed by atoms with Crippen molar-refractivity contribution in [2.45, 2.75) is 32.2 Å². The summed E-state index contributed by atoms with van der Waals surface area (Å²) in [5.41, 5.74) is 0.136. The fraction of sp³-hybridized carbons (Fsp3) is 0.533. The van der Waals surface area contributed by atoms with Gasteiger partial charge >= 0.3 is 0 Å². The Hall–Kier alpha value is -0.940. The van der Waals surface area contributed by atoms with Crippen LogP contribution < -0.4 is 5.32 Å². The molecular formula is C15H20BrFN2O. The number of rotatable bonds is 4. The SMILES string of the molecule is CCN(CC1CCCCN1)C(=O)c1cc(Br)ccc1F. The van der Waals surface area contributed by atoms with E-state index in [2.05, 4.69) is 21.2 Å². The zero-order valence-electron chi connectivity index (χ0n) is 11.7. The molecule has 0 radical (unpaired) electrons. The number of hydrogen-bond donors (Lipinski definition) is 1. The normalized spacial score (nSPS) is 18.9. The van der Waals surface area contributed by atoms with Crippen molar-refractivity contribution in [3.8, 4) is 0 Å². The molecule has 0 aromatic heterocycles.